The van der Waals surface area contributed by atoms with E-state index in [0.29, 0.717) is 29.7 Å². The molecule has 7 aliphatic rings. The highest BCUT2D eigenvalue weighted by Gasteiger charge is 2.88. The van der Waals surface area contributed by atoms with Crippen LogP contribution >= 0.6 is 11.3 Å². The summed E-state index contributed by atoms with van der Waals surface area (Å²) in [4.78, 5) is 0. The quantitative estimate of drug-likeness (QED) is 0.142. The minimum absolute atomic E-state index is 0.0774. The van der Waals surface area contributed by atoms with E-state index in [0.717, 1.165) is 40.8 Å². The first-order valence-electron chi connectivity index (χ1n) is 21.0. The summed E-state index contributed by atoms with van der Waals surface area (Å²) in [6, 6.07) is 21.8. The zero-order chi connectivity index (χ0) is 36.7. The van der Waals surface area contributed by atoms with Crippen LogP contribution in [0.1, 0.15) is 119 Å². The molecule has 3 aliphatic carbocycles. The van der Waals surface area contributed by atoms with Crippen molar-refractivity contribution in [1.82, 2.24) is 0 Å². The van der Waals surface area contributed by atoms with Crippen molar-refractivity contribution >= 4 is 42.8 Å². The smallest absolute Gasteiger partial charge is 0.231 e. The van der Waals surface area contributed by atoms with Gasteiger partial charge in [-0.3, -0.25) is 4.48 Å². The lowest BCUT2D eigenvalue weighted by Crippen LogP contribution is -2.49. The molecule has 274 valence electrons. The molecule has 2 fully saturated rings. The maximum atomic E-state index is 15.1. The summed E-state index contributed by atoms with van der Waals surface area (Å²) >= 11 is 1.95. The van der Waals surface area contributed by atoms with Crippen LogP contribution in [0.4, 0.5) is 4.39 Å². The summed E-state index contributed by atoms with van der Waals surface area (Å²) in [7, 11) is 2.57. The van der Waals surface area contributed by atoms with E-state index in [1.54, 1.807) is 28.3 Å². The van der Waals surface area contributed by atoms with Crippen molar-refractivity contribution in [1.29, 1.82) is 0 Å². The van der Waals surface area contributed by atoms with Crippen molar-refractivity contribution in [2.45, 2.75) is 103 Å². The Kier molecular flexibility index (Phi) is 7.33. The van der Waals surface area contributed by atoms with Crippen LogP contribution in [0.25, 0.3) is 25.7 Å². The molecular formula is C50H53FN2S+2. The van der Waals surface area contributed by atoms with Crippen LogP contribution in [0, 0.1) is 23.7 Å². The van der Waals surface area contributed by atoms with E-state index < -0.39 is 0 Å². The third-order valence-electron chi connectivity index (χ3n) is 15.1. The Morgan fingerprint density at radius 2 is 1.76 bits per heavy atom. The number of halogens is 1. The monoisotopic (exact) mass is 732 g/mol. The summed E-state index contributed by atoms with van der Waals surface area (Å²) in [6.45, 7) is 9.65. The molecule has 2 saturated carbocycles. The minimum atomic E-state index is -0.108. The average molecular weight is 733 g/mol. The first-order valence-corrected chi connectivity index (χ1v) is 21.8. The lowest BCUT2D eigenvalue weighted by molar-refractivity contribution is -0.927. The van der Waals surface area contributed by atoms with Crippen LogP contribution in [0.5, 0.6) is 0 Å². The van der Waals surface area contributed by atoms with E-state index in [1.807, 2.05) is 11.3 Å². The number of nitrogens with zero attached hydrogens (tertiary/aromatic N) is 2. The second-order valence-electron chi connectivity index (χ2n) is 18.5. The fourth-order valence-corrected chi connectivity index (χ4v) is 13.8. The number of allylic oxidation sites excluding steroid dienone is 7. The highest BCUT2D eigenvalue weighted by Crippen LogP contribution is 2.76. The van der Waals surface area contributed by atoms with Gasteiger partial charge in [0.05, 0.1) is 13.2 Å². The number of quaternary nitrogens is 1. The molecule has 6 atom stereocenters. The van der Waals surface area contributed by atoms with Crippen molar-refractivity contribution in [2.75, 3.05) is 7.05 Å². The third-order valence-corrected chi connectivity index (χ3v) is 16.3. The molecule has 54 heavy (non-hydrogen) atoms. The summed E-state index contributed by atoms with van der Waals surface area (Å²) in [6.07, 6.45) is 23.9. The predicted molar refractivity (Wildman–Crippen MR) is 223 cm³/mol. The average Bonchev–Trinajstić information content (AvgIpc) is 3.38. The number of hydrogen-bond donors (Lipinski definition) is 0. The molecule has 0 bridgehead atoms. The molecule has 0 radical (unpaired) electrons. The number of hydrogen-bond acceptors (Lipinski definition) is 1. The molecule has 0 saturated heterocycles. The molecule has 1 aromatic heterocycles. The second kappa shape index (κ2) is 11.8. The van der Waals surface area contributed by atoms with Crippen LogP contribution in [-0.4, -0.2) is 27.9 Å². The van der Waals surface area contributed by atoms with Crippen LogP contribution in [0.15, 0.2) is 108 Å². The predicted octanol–water partition coefficient (Wildman–Crippen LogP) is 13.0. The van der Waals surface area contributed by atoms with Gasteiger partial charge in [-0.2, -0.15) is 4.58 Å². The van der Waals surface area contributed by atoms with E-state index in [2.05, 4.69) is 125 Å². The van der Waals surface area contributed by atoms with Gasteiger partial charge in [-0.1, -0.05) is 102 Å². The fraction of sp³-hybridized carbons (Fsp3) is 0.420. The van der Waals surface area contributed by atoms with Gasteiger partial charge in [0.15, 0.2) is 11.9 Å². The van der Waals surface area contributed by atoms with Crippen LogP contribution in [0.2, 0.25) is 0 Å². The molecule has 4 aromatic rings. The van der Waals surface area contributed by atoms with Crippen molar-refractivity contribution in [3.05, 3.63) is 136 Å². The highest BCUT2D eigenvalue weighted by atomic mass is 32.1. The third kappa shape index (κ3) is 4.39. The first kappa shape index (κ1) is 33.5. The number of thiophene rings is 1. The summed E-state index contributed by atoms with van der Waals surface area (Å²) < 4.78 is 21.5. The Bertz CT molecular complexity index is 2480. The fourth-order valence-electron chi connectivity index (χ4n) is 12.5. The largest absolute Gasteiger partial charge is 0.275 e. The molecule has 4 heteroatoms. The van der Waals surface area contributed by atoms with E-state index in [9.17, 15) is 0 Å². The van der Waals surface area contributed by atoms with E-state index in [1.165, 1.54) is 69.1 Å². The zero-order valence-electron chi connectivity index (χ0n) is 32.5. The molecule has 6 unspecified atom stereocenters. The van der Waals surface area contributed by atoms with Crippen LogP contribution < -0.4 is 0 Å². The van der Waals surface area contributed by atoms with Crippen molar-refractivity contribution in [3.63, 3.8) is 0 Å². The van der Waals surface area contributed by atoms with Gasteiger partial charge in [0.1, 0.15) is 17.8 Å². The van der Waals surface area contributed by atoms with Gasteiger partial charge in [0, 0.05) is 54.4 Å². The van der Waals surface area contributed by atoms with Gasteiger partial charge in [-0.05, 0) is 90.0 Å². The number of fused-ring (bicyclic) bond motifs is 16. The van der Waals surface area contributed by atoms with Gasteiger partial charge in [-0.25, -0.2) is 4.39 Å². The van der Waals surface area contributed by atoms with Crippen molar-refractivity contribution in [2.24, 2.45) is 23.7 Å². The minimum Gasteiger partial charge on any atom is -0.275 e. The Hall–Kier alpha value is -3.86. The molecule has 5 heterocycles. The van der Waals surface area contributed by atoms with Crippen LogP contribution in [0.3, 0.4) is 0 Å². The number of likely N-dealkylation sites (N-methyl/N-ethyl adjacent to an activating group) is 1. The summed E-state index contributed by atoms with van der Waals surface area (Å²) in [5, 5.41) is 2.65. The van der Waals surface area contributed by atoms with Gasteiger partial charge in [0.25, 0.3) is 0 Å². The summed E-state index contributed by atoms with van der Waals surface area (Å²) in [5.74, 6) is 2.81. The van der Waals surface area contributed by atoms with Crippen molar-refractivity contribution in [3.8, 4) is 0 Å². The highest BCUT2D eigenvalue weighted by molar-refractivity contribution is 7.26. The lowest BCUT2D eigenvalue weighted by Gasteiger charge is -2.40. The molecule has 0 amide bonds. The molecule has 11 rings (SSSR count). The normalized spacial score (nSPS) is 31.0. The van der Waals surface area contributed by atoms with Crippen LogP contribution in [-0.2, 0) is 5.54 Å². The standard InChI is InChI=1S/C50H53FN2S/c1-29(2)39-27-43-35-15-8-9-16-37(35)47-49(52(43)28-40(39)30(3)4)50(47)41-21-20-38-36-19-18-33(34-14-10-11-17-42(34)51)26-45(36)54-48(38)46(41)44-25-32(22-23-53(44,50)5)24-31-12-6-7-13-31/h8-9,14-23,25-26,28-31,39,44,47,49H,6-7,10-13,24,27H2,1-5H3/q+2. The van der Waals surface area contributed by atoms with Crippen molar-refractivity contribution < 1.29 is 13.4 Å². The molecule has 4 aliphatic heterocycles. The Morgan fingerprint density at radius 3 is 2.56 bits per heavy atom. The molecule has 3 aromatic carbocycles. The molecule has 0 N–H and O–H groups in total. The first-order chi connectivity index (χ1) is 26.2. The van der Waals surface area contributed by atoms with Gasteiger partial charge < -0.3 is 0 Å². The maximum absolute atomic E-state index is 15.1. The molecule has 1 spiro atoms. The number of rotatable bonds is 5. The molecular weight excluding hydrogens is 680 g/mol. The lowest BCUT2D eigenvalue weighted by atomic mass is 9.76. The van der Waals surface area contributed by atoms with E-state index in [4.69, 9.17) is 0 Å². The SMILES string of the molecule is CC(C)C1=C[N+]2=C(CC1C(C)C)c1ccccc1C1C2C12c1ccc3c(sc4cc(C5=CCCC=C5F)ccc43)c1C1C=C(CC3CCCC3)C=C[N+]12C. The van der Waals surface area contributed by atoms with E-state index >= 15 is 4.39 Å². The number of benzene rings is 3. The Balaban J connectivity index is 1.14. The Morgan fingerprint density at radius 1 is 0.963 bits per heavy atom. The van der Waals surface area contributed by atoms with Gasteiger partial charge in [0.2, 0.25) is 11.6 Å². The summed E-state index contributed by atoms with van der Waals surface area (Å²) in [5.41, 5.74) is 12.5. The topological polar surface area (TPSA) is 3.01 Å². The zero-order valence-corrected chi connectivity index (χ0v) is 33.4. The Labute approximate surface area is 324 Å². The molecule has 2 nitrogen and oxygen atoms in total. The van der Waals surface area contributed by atoms with E-state index in [-0.39, 0.29) is 17.4 Å². The van der Waals surface area contributed by atoms with Gasteiger partial charge >= 0.3 is 0 Å². The van der Waals surface area contributed by atoms with Gasteiger partial charge in [-0.15, -0.1) is 11.3 Å². The second-order valence-corrected chi connectivity index (χ2v) is 19.5. The maximum Gasteiger partial charge on any atom is 0.231 e.